The first-order valence-corrected chi connectivity index (χ1v) is 27.3. The van der Waals surface area contributed by atoms with Gasteiger partial charge < -0.3 is 24.8 Å². The predicted octanol–water partition coefficient (Wildman–Crippen LogP) is 8.32. The van der Waals surface area contributed by atoms with Gasteiger partial charge in [-0.25, -0.2) is 8.78 Å². The van der Waals surface area contributed by atoms with Gasteiger partial charge in [-0.1, -0.05) is 123 Å². The summed E-state index contributed by atoms with van der Waals surface area (Å²) in [6, 6.07) is 61.3. The van der Waals surface area contributed by atoms with E-state index in [1.54, 1.807) is 35.5 Å². The third-order valence-electron chi connectivity index (χ3n) is 11.9. The molecule has 6 heteroatoms. The van der Waals surface area contributed by atoms with Crippen LogP contribution in [0, 0.1) is 11.6 Å². The van der Waals surface area contributed by atoms with Crippen LogP contribution in [-0.2, 0) is 36.2 Å². The first kappa shape index (κ1) is 49.9. The molecule has 0 bridgehead atoms. The van der Waals surface area contributed by atoms with Crippen LogP contribution in [0.4, 0.5) is 8.78 Å². The van der Waals surface area contributed by atoms with Gasteiger partial charge in [0.15, 0.2) is 0 Å². The minimum absolute atomic E-state index is 0. The molecule has 0 saturated carbocycles. The molecule has 0 spiro atoms. The second-order valence-electron chi connectivity index (χ2n) is 16.0. The molecule has 66 heavy (non-hydrogen) atoms. The van der Waals surface area contributed by atoms with Crippen molar-refractivity contribution in [3.05, 3.63) is 275 Å². The Morgan fingerprint density at radius 1 is 0.470 bits per heavy atom. The number of hydrogen-bond acceptors (Lipinski definition) is 0. The summed E-state index contributed by atoms with van der Waals surface area (Å²) in [6.07, 6.45) is 18.8. The van der Waals surface area contributed by atoms with Crippen molar-refractivity contribution in [2.75, 3.05) is 0 Å². The number of halogens is 4. The number of allylic oxidation sites excluding steroid dienone is 6. The van der Waals surface area contributed by atoms with E-state index >= 15 is 0 Å². The monoisotopic (exact) mass is 996 g/mol. The number of benzene rings is 6. The van der Waals surface area contributed by atoms with Crippen molar-refractivity contribution in [1.82, 2.24) is 0 Å². The molecule has 0 fully saturated rings. The Kier molecular flexibility index (Phi) is 18.4. The van der Waals surface area contributed by atoms with Crippen molar-refractivity contribution in [1.29, 1.82) is 0 Å². The second-order valence-corrected chi connectivity index (χ2v) is 21.6. The van der Waals surface area contributed by atoms with E-state index in [9.17, 15) is 8.78 Å². The minimum atomic E-state index is -0.455. The first-order chi connectivity index (χ1) is 31.4. The van der Waals surface area contributed by atoms with Crippen molar-refractivity contribution in [2.24, 2.45) is 0 Å². The van der Waals surface area contributed by atoms with E-state index in [4.69, 9.17) is 0 Å². The number of fused-ring (bicyclic) bond motifs is 2. The molecule has 328 valence electrons. The quantitative estimate of drug-likeness (QED) is 0.106. The summed E-state index contributed by atoms with van der Waals surface area (Å²) in [5.74, 6) is -0.162. The van der Waals surface area contributed by atoms with Crippen LogP contribution < -0.4 is 35.2 Å². The summed E-state index contributed by atoms with van der Waals surface area (Å²) in [7, 11) is 0. The van der Waals surface area contributed by atoms with Gasteiger partial charge in [-0.2, -0.15) is 34.4 Å². The SMILES string of the molecule is CCc1cc2c([cH-]1)C=CC=CC2c1ccc(-c2ccccc2)c(F)c1.CCc1cc2c([cH-]1)C=CC=CC2c1ccc(-c2ccccc2)c(F)c1.[Cl-].[Cl-].[Zr+2]=[Si](c1ccccc1)c1ccccc1. The van der Waals surface area contributed by atoms with Crippen molar-refractivity contribution in [2.45, 2.75) is 38.5 Å². The third-order valence-corrected chi connectivity index (χ3v) is 18.0. The fourth-order valence-electron chi connectivity index (χ4n) is 8.44. The molecule has 0 N–H and O–H groups in total. The van der Waals surface area contributed by atoms with Crippen LogP contribution in [0.1, 0.15) is 70.2 Å². The normalized spacial score (nSPS) is 14.1. The Morgan fingerprint density at radius 2 is 0.833 bits per heavy atom. The Hall–Kier alpha value is -5.48. The molecule has 0 aliphatic heterocycles. The fraction of sp³-hybridized carbons (Fsp3) is 0.100. The van der Waals surface area contributed by atoms with Gasteiger partial charge >= 0.3 is 99.8 Å². The van der Waals surface area contributed by atoms with E-state index in [1.807, 2.05) is 84.9 Å². The zero-order valence-corrected chi connectivity index (χ0v) is 42.0. The molecule has 0 aromatic heterocycles. The zero-order chi connectivity index (χ0) is 44.3. The van der Waals surface area contributed by atoms with E-state index in [0.717, 1.165) is 35.1 Å². The molecule has 8 aromatic rings. The molecule has 2 unspecified atom stereocenters. The van der Waals surface area contributed by atoms with Gasteiger partial charge in [0.2, 0.25) is 0 Å². The fourth-order valence-corrected chi connectivity index (χ4v) is 12.3. The Morgan fingerprint density at radius 3 is 1.18 bits per heavy atom. The van der Waals surface area contributed by atoms with Gasteiger partial charge in [0.25, 0.3) is 0 Å². The average molecular weight is 999 g/mol. The Labute approximate surface area is 417 Å². The van der Waals surface area contributed by atoms with Gasteiger partial charge in [-0.05, 0) is 59.1 Å². The Balaban J connectivity index is 0.000000168. The van der Waals surface area contributed by atoms with Gasteiger partial charge in [-0.3, -0.25) is 0 Å². The van der Waals surface area contributed by atoms with E-state index in [-0.39, 0.29) is 48.3 Å². The van der Waals surface area contributed by atoms with E-state index in [1.165, 1.54) is 43.8 Å². The van der Waals surface area contributed by atoms with Crippen LogP contribution in [0.25, 0.3) is 34.4 Å². The van der Waals surface area contributed by atoms with Crippen molar-refractivity contribution < 1.29 is 56.9 Å². The molecular weight excluding hydrogens is 949 g/mol. The van der Waals surface area contributed by atoms with Gasteiger partial charge in [0.1, 0.15) is 11.6 Å². The molecule has 0 nitrogen and oxygen atoms in total. The summed E-state index contributed by atoms with van der Waals surface area (Å²) >= 11 is 1.64. The van der Waals surface area contributed by atoms with Crippen LogP contribution in [0.3, 0.4) is 0 Å². The molecule has 2 atom stereocenters. The molecule has 0 radical (unpaired) electrons. The third kappa shape index (κ3) is 12.1. The summed E-state index contributed by atoms with van der Waals surface area (Å²) in [6.45, 7) is 4.33. The standard InChI is InChI=1S/2C24H20F.C12H10Si.2ClH.Zr/c2*1-2-17-14-19-10-6-7-11-21(23(19)15-17)20-12-13-22(24(25)16-20)18-8-4-3-5-9-18;1-3-7-11(8-4-1)13-12-9-5-2-6-10-12;;;/h2*3-16,21H,2H2,1H3;1-10H;2*1H;/q2*-1;;;;+2/p-2. The van der Waals surface area contributed by atoms with Crippen molar-refractivity contribution in [3.63, 3.8) is 0 Å². The molecule has 2 aliphatic rings. The molecule has 8 aromatic carbocycles. The van der Waals surface area contributed by atoms with Crippen molar-refractivity contribution in [3.8, 4) is 22.3 Å². The average Bonchev–Trinajstić information content (AvgIpc) is 3.83. The van der Waals surface area contributed by atoms with E-state index in [2.05, 4.69) is 147 Å². The number of rotatable bonds is 8. The van der Waals surface area contributed by atoms with Gasteiger partial charge in [0, 0.05) is 11.1 Å². The van der Waals surface area contributed by atoms with Crippen LogP contribution in [0.15, 0.2) is 218 Å². The predicted molar refractivity (Wildman–Crippen MR) is 264 cm³/mol. The molecule has 2 aliphatic carbocycles. The maximum absolute atomic E-state index is 14.8. The van der Waals surface area contributed by atoms with Crippen LogP contribution in [-0.4, -0.2) is 5.43 Å². The summed E-state index contributed by atoms with van der Waals surface area (Å²) in [5.41, 5.74) is 12.3. The zero-order valence-electron chi connectivity index (χ0n) is 37.0. The first-order valence-electron chi connectivity index (χ1n) is 22.1. The number of aryl methyl sites for hydroxylation is 2. The summed E-state index contributed by atoms with van der Waals surface area (Å²) in [4.78, 5) is 0. The maximum atomic E-state index is 14.8. The summed E-state index contributed by atoms with van der Waals surface area (Å²) < 4.78 is 29.6. The van der Waals surface area contributed by atoms with Crippen LogP contribution in [0.2, 0.25) is 0 Å². The van der Waals surface area contributed by atoms with Crippen molar-refractivity contribution >= 4 is 28.0 Å². The summed E-state index contributed by atoms with van der Waals surface area (Å²) in [5, 5.41) is 3.03. The van der Waals surface area contributed by atoms with E-state index in [0.29, 0.717) is 11.1 Å². The van der Waals surface area contributed by atoms with Crippen LogP contribution >= 0.6 is 0 Å². The second kappa shape index (κ2) is 24.3. The topological polar surface area (TPSA) is 0 Å². The Bertz CT molecular complexity index is 2750. The molecule has 0 saturated heterocycles. The van der Waals surface area contributed by atoms with Crippen LogP contribution in [0.5, 0.6) is 0 Å². The molecular formula is C60H50Cl2F2SiZr-2. The van der Waals surface area contributed by atoms with Gasteiger partial charge in [0.05, 0.1) is 0 Å². The number of hydrogen-bond donors (Lipinski definition) is 0. The molecule has 10 rings (SSSR count). The van der Waals surface area contributed by atoms with E-state index < -0.39 is 5.43 Å². The van der Waals surface area contributed by atoms with Gasteiger partial charge in [-0.15, -0.1) is 47.6 Å². The molecule has 0 heterocycles. The molecule has 0 amide bonds.